The largest absolute Gasteiger partial charge is 0.355 e. The van der Waals surface area contributed by atoms with Gasteiger partial charge >= 0.3 is 0 Å². The van der Waals surface area contributed by atoms with Gasteiger partial charge in [-0.3, -0.25) is 4.79 Å². The lowest BCUT2D eigenvalue weighted by molar-refractivity contribution is -0.128. The van der Waals surface area contributed by atoms with Crippen molar-refractivity contribution < 1.29 is 4.79 Å². The van der Waals surface area contributed by atoms with E-state index in [4.69, 9.17) is 0 Å². The van der Waals surface area contributed by atoms with Crippen LogP contribution in [0.15, 0.2) is 0 Å². The van der Waals surface area contributed by atoms with Crippen LogP contribution in [0.4, 0.5) is 0 Å². The topological polar surface area (TPSA) is 29.1 Å². The van der Waals surface area contributed by atoms with Crippen molar-refractivity contribution in [2.45, 2.75) is 64.2 Å². The first-order chi connectivity index (χ1) is 10.2. The van der Waals surface area contributed by atoms with Gasteiger partial charge in [-0.15, -0.1) is 0 Å². The standard InChI is InChI=1S/C19H29NO/c21-18(17-7-12-1-2-16(17)6-12)20-11-19-8-13-3-14(9-19)5-15(4-13)10-19/h12-17H,1-11H2,(H,20,21). The molecular formula is C19H29NO. The summed E-state index contributed by atoms with van der Waals surface area (Å²) in [7, 11) is 0. The van der Waals surface area contributed by atoms with Gasteiger partial charge in [-0.2, -0.15) is 0 Å². The number of nitrogens with one attached hydrogen (secondary N) is 1. The fourth-order valence-electron chi connectivity index (χ4n) is 7.48. The lowest BCUT2D eigenvalue weighted by Crippen LogP contribution is -2.52. The minimum absolute atomic E-state index is 0.373. The number of rotatable bonds is 3. The van der Waals surface area contributed by atoms with Crippen molar-refractivity contribution in [2.24, 2.45) is 40.9 Å². The molecule has 0 aromatic carbocycles. The van der Waals surface area contributed by atoms with Crippen molar-refractivity contribution in [1.82, 2.24) is 5.32 Å². The first-order valence-corrected chi connectivity index (χ1v) is 9.47. The summed E-state index contributed by atoms with van der Waals surface area (Å²) < 4.78 is 0. The number of amides is 1. The third kappa shape index (κ3) is 2.08. The molecule has 0 aromatic rings. The quantitative estimate of drug-likeness (QED) is 0.841. The summed E-state index contributed by atoms with van der Waals surface area (Å²) in [6.45, 7) is 1.00. The molecule has 6 rings (SSSR count). The Morgan fingerprint density at radius 1 is 0.857 bits per heavy atom. The first kappa shape index (κ1) is 13.0. The molecule has 0 radical (unpaired) electrons. The Balaban J connectivity index is 1.23. The third-order valence-corrected chi connectivity index (χ3v) is 7.88. The molecule has 0 spiro atoms. The molecule has 6 saturated carbocycles. The number of carbonyl (C=O) groups is 1. The first-order valence-electron chi connectivity index (χ1n) is 9.47. The molecular weight excluding hydrogens is 258 g/mol. The van der Waals surface area contributed by atoms with Crippen LogP contribution in [0, 0.1) is 40.9 Å². The van der Waals surface area contributed by atoms with Crippen molar-refractivity contribution in [2.75, 3.05) is 6.54 Å². The molecule has 116 valence electrons. The molecule has 6 bridgehead atoms. The molecule has 6 aliphatic rings. The zero-order chi connectivity index (χ0) is 14.0. The third-order valence-electron chi connectivity index (χ3n) is 7.88. The van der Waals surface area contributed by atoms with Gasteiger partial charge in [-0.1, -0.05) is 6.42 Å². The van der Waals surface area contributed by atoms with E-state index in [1.54, 1.807) is 0 Å². The summed E-state index contributed by atoms with van der Waals surface area (Å²) in [4.78, 5) is 12.6. The fraction of sp³-hybridized carbons (Fsp3) is 0.947. The van der Waals surface area contributed by atoms with E-state index in [0.29, 0.717) is 17.2 Å². The summed E-state index contributed by atoms with van der Waals surface area (Å²) in [6, 6.07) is 0. The maximum absolute atomic E-state index is 12.6. The van der Waals surface area contributed by atoms with Gasteiger partial charge in [-0.25, -0.2) is 0 Å². The number of fused-ring (bicyclic) bond motifs is 2. The Hall–Kier alpha value is -0.530. The minimum Gasteiger partial charge on any atom is -0.355 e. The highest BCUT2D eigenvalue weighted by Crippen LogP contribution is 2.59. The molecule has 0 saturated heterocycles. The van der Waals surface area contributed by atoms with Crippen LogP contribution in [-0.2, 0) is 4.79 Å². The van der Waals surface area contributed by atoms with Gasteiger partial charge in [-0.05, 0) is 92.8 Å². The van der Waals surface area contributed by atoms with E-state index in [0.717, 1.165) is 36.1 Å². The van der Waals surface area contributed by atoms with Crippen LogP contribution < -0.4 is 5.32 Å². The second-order valence-corrected chi connectivity index (χ2v) is 9.42. The lowest BCUT2D eigenvalue weighted by Gasteiger charge is -2.57. The van der Waals surface area contributed by atoms with Gasteiger partial charge in [0.15, 0.2) is 0 Å². The van der Waals surface area contributed by atoms with E-state index in [1.807, 2.05) is 0 Å². The number of carbonyl (C=O) groups excluding carboxylic acids is 1. The summed E-state index contributed by atoms with van der Waals surface area (Å²) in [6.07, 6.45) is 14.0. The highest BCUT2D eigenvalue weighted by Gasteiger charge is 2.51. The average Bonchev–Trinajstić information content (AvgIpc) is 3.06. The predicted molar refractivity (Wildman–Crippen MR) is 82.6 cm³/mol. The number of hydrogen-bond acceptors (Lipinski definition) is 1. The molecule has 0 heterocycles. The molecule has 6 aliphatic carbocycles. The van der Waals surface area contributed by atoms with Crippen LogP contribution in [-0.4, -0.2) is 12.5 Å². The Morgan fingerprint density at radius 2 is 1.52 bits per heavy atom. The van der Waals surface area contributed by atoms with Gasteiger partial charge in [0.25, 0.3) is 0 Å². The maximum atomic E-state index is 12.6. The smallest absolute Gasteiger partial charge is 0.223 e. The Morgan fingerprint density at radius 3 is 2.05 bits per heavy atom. The van der Waals surface area contributed by atoms with E-state index < -0.39 is 0 Å². The SMILES string of the molecule is O=C(NCC12CC3CC(CC(C3)C1)C2)C1CC2CCC1C2. The van der Waals surface area contributed by atoms with Gasteiger partial charge < -0.3 is 5.32 Å². The monoisotopic (exact) mass is 287 g/mol. The van der Waals surface area contributed by atoms with Crippen LogP contribution >= 0.6 is 0 Å². The van der Waals surface area contributed by atoms with Crippen LogP contribution in [0.3, 0.4) is 0 Å². The molecule has 2 nitrogen and oxygen atoms in total. The van der Waals surface area contributed by atoms with Gasteiger partial charge in [0.2, 0.25) is 5.91 Å². The summed E-state index contributed by atoms with van der Waals surface area (Å²) >= 11 is 0. The van der Waals surface area contributed by atoms with Crippen molar-refractivity contribution in [3.63, 3.8) is 0 Å². The van der Waals surface area contributed by atoms with Crippen molar-refractivity contribution >= 4 is 5.91 Å². The van der Waals surface area contributed by atoms with E-state index in [-0.39, 0.29) is 0 Å². The lowest BCUT2D eigenvalue weighted by atomic mass is 9.49. The normalized spacial score (nSPS) is 53.3. The summed E-state index contributed by atoms with van der Waals surface area (Å²) in [5.41, 5.74) is 0.502. The Bertz CT molecular complexity index is 421. The molecule has 2 heteroatoms. The van der Waals surface area contributed by atoms with Crippen molar-refractivity contribution in [3.05, 3.63) is 0 Å². The average molecular weight is 287 g/mol. The number of hydrogen-bond donors (Lipinski definition) is 1. The molecule has 1 N–H and O–H groups in total. The summed E-state index contributed by atoms with van der Waals surface area (Å²) in [5.74, 6) is 5.38. The van der Waals surface area contributed by atoms with E-state index in [1.165, 1.54) is 64.2 Å². The van der Waals surface area contributed by atoms with E-state index in [2.05, 4.69) is 5.32 Å². The van der Waals surface area contributed by atoms with Crippen molar-refractivity contribution in [3.8, 4) is 0 Å². The van der Waals surface area contributed by atoms with E-state index in [9.17, 15) is 4.79 Å². The molecule has 0 aliphatic heterocycles. The molecule has 1 amide bonds. The van der Waals surface area contributed by atoms with Crippen LogP contribution in [0.1, 0.15) is 64.2 Å². The highest BCUT2D eigenvalue weighted by molar-refractivity contribution is 5.79. The fourth-order valence-corrected chi connectivity index (χ4v) is 7.48. The molecule has 21 heavy (non-hydrogen) atoms. The van der Waals surface area contributed by atoms with Gasteiger partial charge in [0, 0.05) is 12.5 Å². The Labute approximate surface area is 128 Å². The van der Waals surface area contributed by atoms with Crippen LogP contribution in [0.5, 0.6) is 0 Å². The second-order valence-electron chi connectivity index (χ2n) is 9.42. The van der Waals surface area contributed by atoms with Gasteiger partial charge in [0.05, 0.1) is 0 Å². The van der Waals surface area contributed by atoms with Crippen molar-refractivity contribution in [1.29, 1.82) is 0 Å². The van der Waals surface area contributed by atoms with Crippen LogP contribution in [0.25, 0.3) is 0 Å². The van der Waals surface area contributed by atoms with E-state index >= 15 is 0 Å². The zero-order valence-corrected chi connectivity index (χ0v) is 13.2. The minimum atomic E-state index is 0.373. The second kappa shape index (κ2) is 4.49. The zero-order valence-electron chi connectivity index (χ0n) is 13.2. The Kier molecular flexibility index (Phi) is 2.77. The highest BCUT2D eigenvalue weighted by atomic mass is 16.1. The predicted octanol–water partition coefficient (Wildman–Crippen LogP) is 3.76. The summed E-state index contributed by atoms with van der Waals surface area (Å²) in [5, 5.41) is 3.43. The maximum Gasteiger partial charge on any atom is 0.223 e. The molecule has 3 atom stereocenters. The molecule has 0 aromatic heterocycles. The van der Waals surface area contributed by atoms with Crippen LogP contribution in [0.2, 0.25) is 0 Å². The molecule has 3 unspecified atom stereocenters. The molecule has 6 fully saturated rings. The van der Waals surface area contributed by atoms with Gasteiger partial charge in [0.1, 0.15) is 0 Å².